The minimum atomic E-state index is -0.500. The van der Waals surface area contributed by atoms with Crippen LogP contribution in [0, 0.1) is 0 Å². The number of nitrogens with one attached hydrogen (secondary N) is 2. The summed E-state index contributed by atoms with van der Waals surface area (Å²) >= 11 is 0. The molecule has 142 valence electrons. The molecule has 0 radical (unpaired) electrons. The molecule has 0 aliphatic carbocycles. The van der Waals surface area contributed by atoms with Crippen molar-refractivity contribution in [3.8, 4) is 5.75 Å². The molecule has 2 N–H and O–H groups in total. The predicted molar refractivity (Wildman–Crippen MR) is 105 cm³/mol. The molecular formula is C22H20N2O4. The van der Waals surface area contributed by atoms with Gasteiger partial charge in [-0.25, -0.2) is 0 Å². The van der Waals surface area contributed by atoms with E-state index in [-0.39, 0.29) is 11.5 Å². The van der Waals surface area contributed by atoms with Crippen molar-refractivity contribution in [3.63, 3.8) is 0 Å². The number of rotatable bonds is 7. The Balaban J connectivity index is 1.79. The van der Waals surface area contributed by atoms with Crippen molar-refractivity contribution in [2.24, 2.45) is 0 Å². The summed E-state index contributed by atoms with van der Waals surface area (Å²) in [6, 6.07) is 19.8. The predicted octanol–water partition coefficient (Wildman–Crippen LogP) is 3.38. The summed E-state index contributed by atoms with van der Waals surface area (Å²) in [6.07, 6.45) is 3.00. The number of carbonyl (C=O) groups is 2. The van der Waals surface area contributed by atoms with E-state index in [1.807, 2.05) is 30.3 Å². The molecule has 3 aromatic rings. The summed E-state index contributed by atoms with van der Waals surface area (Å²) in [5.41, 5.74) is 1.81. The van der Waals surface area contributed by atoms with E-state index in [0.717, 1.165) is 11.1 Å². The molecule has 28 heavy (non-hydrogen) atoms. The number of hydrogen-bond donors (Lipinski definition) is 2. The second kappa shape index (κ2) is 9.23. The molecule has 6 nitrogen and oxygen atoms in total. The minimum absolute atomic E-state index is 0.113. The van der Waals surface area contributed by atoms with Gasteiger partial charge in [0.1, 0.15) is 11.4 Å². The Kier molecular flexibility index (Phi) is 6.25. The normalized spacial score (nSPS) is 11.0. The van der Waals surface area contributed by atoms with Crippen LogP contribution >= 0.6 is 0 Å². The lowest BCUT2D eigenvalue weighted by atomic mass is 10.1. The first-order chi connectivity index (χ1) is 13.7. The molecule has 6 heteroatoms. The molecule has 0 unspecified atom stereocenters. The van der Waals surface area contributed by atoms with Crippen molar-refractivity contribution >= 4 is 17.9 Å². The van der Waals surface area contributed by atoms with Crippen LogP contribution in [-0.2, 0) is 11.3 Å². The molecule has 0 atom stereocenters. The van der Waals surface area contributed by atoms with Crippen LogP contribution in [0.25, 0.3) is 6.08 Å². The third-order valence-electron chi connectivity index (χ3n) is 3.96. The molecule has 3 rings (SSSR count). The van der Waals surface area contributed by atoms with Crippen LogP contribution in [0.15, 0.2) is 83.1 Å². The second-order valence-corrected chi connectivity index (χ2v) is 5.93. The number of ether oxygens (including phenoxy) is 1. The highest BCUT2D eigenvalue weighted by atomic mass is 16.5. The van der Waals surface area contributed by atoms with Crippen LogP contribution in [0.4, 0.5) is 0 Å². The van der Waals surface area contributed by atoms with E-state index in [2.05, 4.69) is 10.6 Å². The van der Waals surface area contributed by atoms with Gasteiger partial charge in [0.2, 0.25) is 0 Å². The van der Waals surface area contributed by atoms with Crippen molar-refractivity contribution in [2.45, 2.75) is 6.54 Å². The zero-order valence-corrected chi connectivity index (χ0v) is 15.3. The minimum Gasteiger partial charge on any atom is -0.497 e. The first kappa shape index (κ1) is 19.0. The smallest absolute Gasteiger partial charge is 0.291 e. The standard InChI is InChI=1S/C22H20N2O4/c1-27-18-11-9-16(10-12-18)14-19(24-22(26)20-8-5-13-28-20)21(25)23-15-17-6-3-2-4-7-17/h2-14H,15H2,1H3,(H,23,25)(H,24,26)/b19-14+. The van der Waals surface area contributed by atoms with Gasteiger partial charge in [0.05, 0.1) is 13.4 Å². The Labute approximate surface area is 162 Å². The van der Waals surface area contributed by atoms with Crippen molar-refractivity contribution in [1.29, 1.82) is 0 Å². The number of benzene rings is 2. The molecule has 1 heterocycles. The van der Waals surface area contributed by atoms with E-state index in [4.69, 9.17) is 9.15 Å². The van der Waals surface area contributed by atoms with Crippen LogP contribution in [0.2, 0.25) is 0 Å². The van der Waals surface area contributed by atoms with E-state index < -0.39 is 11.8 Å². The zero-order valence-electron chi connectivity index (χ0n) is 15.3. The Hall–Kier alpha value is -3.80. The lowest BCUT2D eigenvalue weighted by molar-refractivity contribution is -0.117. The maximum Gasteiger partial charge on any atom is 0.291 e. The van der Waals surface area contributed by atoms with E-state index in [0.29, 0.717) is 12.3 Å². The van der Waals surface area contributed by atoms with Crippen molar-refractivity contribution in [2.75, 3.05) is 7.11 Å². The summed E-state index contributed by atoms with van der Waals surface area (Å²) in [7, 11) is 1.58. The molecule has 0 aliphatic heterocycles. The summed E-state index contributed by atoms with van der Waals surface area (Å²) in [4.78, 5) is 25.0. The molecule has 2 amide bonds. The van der Waals surface area contributed by atoms with Gasteiger partial charge in [0.25, 0.3) is 11.8 Å². The topological polar surface area (TPSA) is 80.6 Å². The van der Waals surface area contributed by atoms with Gasteiger partial charge in [-0.2, -0.15) is 0 Å². The van der Waals surface area contributed by atoms with Crippen LogP contribution in [0.3, 0.4) is 0 Å². The molecule has 0 fully saturated rings. The fourth-order valence-electron chi connectivity index (χ4n) is 2.49. The highest BCUT2D eigenvalue weighted by Crippen LogP contribution is 2.14. The highest BCUT2D eigenvalue weighted by molar-refractivity contribution is 6.04. The SMILES string of the molecule is COc1ccc(/C=C(/NC(=O)c2ccco2)C(=O)NCc2ccccc2)cc1. The van der Waals surface area contributed by atoms with Crippen LogP contribution in [0.5, 0.6) is 5.75 Å². The Bertz CT molecular complexity index is 946. The summed E-state index contributed by atoms with van der Waals surface area (Å²) in [6.45, 7) is 0.344. The van der Waals surface area contributed by atoms with Gasteiger partial charge in [-0.05, 0) is 41.5 Å². The van der Waals surface area contributed by atoms with Gasteiger partial charge < -0.3 is 19.8 Å². The molecule has 0 saturated heterocycles. The number of carbonyl (C=O) groups excluding carboxylic acids is 2. The highest BCUT2D eigenvalue weighted by Gasteiger charge is 2.16. The first-order valence-electron chi connectivity index (χ1n) is 8.68. The maximum absolute atomic E-state index is 12.7. The molecule has 2 aromatic carbocycles. The number of amides is 2. The van der Waals surface area contributed by atoms with Gasteiger partial charge >= 0.3 is 0 Å². The van der Waals surface area contributed by atoms with Gasteiger partial charge in [-0.15, -0.1) is 0 Å². The third kappa shape index (κ3) is 5.11. The average molecular weight is 376 g/mol. The van der Waals surface area contributed by atoms with Gasteiger partial charge in [0, 0.05) is 6.54 Å². The third-order valence-corrected chi connectivity index (χ3v) is 3.96. The number of furan rings is 1. The molecular weight excluding hydrogens is 356 g/mol. The van der Waals surface area contributed by atoms with Crippen LogP contribution in [-0.4, -0.2) is 18.9 Å². The first-order valence-corrected chi connectivity index (χ1v) is 8.68. The molecule has 1 aromatic heterocycles. The molecule has 0 saturated carbocycles. The van der Waals surface area contributed by atoms with Gasteiger partial charge in [-0.3, -0.25) is 9.59 Å². The van der Waals surface area contributed by atoms with E-state index in [1.54, 1.807) is 43.5 Å². The monoisotopic (exact) mass is 376 g/mol. The van der Waals surface area contributed by atoms with E-state index >= 15 is 0 Å². The van der Waals surface area contributed by atoms with Crippen molar-refractivity contribution in [3.05, 3.63) is 95.6 Å². The second-order valence-electron chi connectivity index (χ2n) is 5.93. The molecule has 0 bridgehead atoms. The fraction of sp³-hybridized carbons (Fsp3) is 0.0909. The molecule has 0 spiro atoms. The van der Waals surface area contributed by atoms with Crippen molar-refractivity contribution in [1.82, 2.24) is 10.6 Å². The summed E-state index contributed by atoms with van der Waals surface area (Å²) in [5, 5.41) is 5.43. The largest absolute Gasteiger partial charge is 0.497 e. The van der Waals surface area contributed by atoms with Gasteiger partial charge in [0.15, 0.2) is 5.76 Å². The summed E-state index contributed by atoms with van der Waals surface area (Å²) < 4.78 is 10.2. The quantitative estimate of drug-likeness (QED) is 0.620. The van der Waals surface area contributed by atoms with Crippen LogP contribution in [0.1, 0.15) is 21.7 Å². The summed E-state index contributed by atoms with van der Waals surface area (Å²) in [5.74, 6) is -0.0810. The average Bonchev–Trinajstić information content (AvgIpc) is 3.28. The number of hydrogen-bond acceptors (Lipinski definition) is 4. The Morgan fingerprint density at radius 3 is 2.39 bits per heavy atom. The van der Waals surface area contributed by atoms with Crippen LogP contribution < -0.4 is 15.4 Å². The molecule has 0 aliphatic rings. The van der Waals surface area contributed by atoms with Crippen molar-refractivity contribution < 1.29 is 18.7 Å². The maximum atomic E-state index is 12.7. The fourth-order valence-corrected chi connectivity index (χ4v) is 2.49. The van der Waals surface area contributed by atoms with E-state index in [1.165, 1.54) is 12.3 Å². The van der Waals surface area contributed by atoms with E-state index in [9.17, 15) is 9.59 Å². The zero-order chi connectivity index (χ0) is 19.8. The number of methoxy groups -OCH3 is 1. The Morgan fingerprint density at radius 1 is 1.00 bits per heavy atom. The Morgan fingerprint density at radius 2 is 1.75 bits per heavy atom. The lowest BCUT2D eigenvalue weighted by Crippen LogP contribution is -2.34. The lowest BCUT2D eigenvalue weighted by Gasteiger charge is -2.11. The van der Waals surface area contributed by atoms with Gasteiger partial charge in [-0.1, -0.05) is 42.5 Å².